The Labute approximate surface area is 185 Å². The quantitative estimate of drug-likeness (QED) is 0.609. The topological polar surface area (TPSA) is 106 Å². The first-order valence-electron chi connectivity index (χ1n) is 9.84. The van der Waals surface area contributed by atoms with Crippen molar-refractivity contribution in [1.82, 2.24) is 10.2 Å². The second-order valence-electron chi connectivity index (χ2n) is 7.28. The van der Waals surface area contributed by atoms with Gasteiger partial charge in [0.15, 0.2) is 11.5 Å². The Balaban J connectivity index is 1.30. The summed E-state index contributed by atoms with van der Waals surface area (Å²) in [6.07, 6.45) is -4.97. The van der Waals surface area contributed by atoms with Gasteiger partial charge in [0.2, 0.25) is 12.7 Å². The minimum Gasteiger partial charge on any atom is -0.454 e. The van der Waals surface area contributed by atoms with Crippen molar-refractivity contribution in [1.29, 1.82) is 0 Å². The molecule has 1 atom stereocenters. The highest BCUT2D eigenvalue weighted by atomic mass is 19.4. The molecule has 0 saturated carbocycles. The summed E-state index contributed by atoms with van der Waals surface area (Å²) in [5.41, 5.74) is 0.773. The second kappa shape index (κ2) is 8.88. The summed E-state index contributed by atoms with van der Waals surface area (Å²) in [6, 6.07) is 8.43. The first kappa shape index (κ1) is 22.2. The number of imide groups is 1. The van der Waals surface area contributed by atoms with Crippen molar-refractivity contribution >= 4 is 23.5 Å². The van der Waals surface area contributed by atoms with E-state index in [2.05, 4.69) is 15.4 Å². The molecule has 2 aliphatic rings. The van der Waals surface area contributed by atoms with E-state index in [1.165, 1.54) is 12.1 Å². The van der Waals surface area contributed by atoms with Crippen LogP contribution in [0, 0.1) is 0 Å². The van der Waals surface area contributed by atoms with E-state index in [-0.39, 0.29) is 31.9 Å². The van der Waals surface area contributed by atoms with Gasteiger partial charge in [-0.05, 0) is 36.2 Å². The third-order valence-electron chi connectivity index (χ3n) is 4.90. The van der Waals surface area contributed by atoms with E-state index in [1.54, 1.807) is 18.2 Å². The number of alkyl halides is 3. The van der Waals surface area contributed by atoms with Crippen LogP contribution in [0.2, 0.25) is 0 Å². The average molecular weight is 465 g/mol. The number of nitrogens with zero attached hydrogens (tertiary/aromatic N) is 1. The number of carbonyl (C=O) groups is 3. The van der Waals surface area contributed by atoms with Crippen molar-refractivity contribution in [2.45, 2.75) is 31.8 Å². The summed E-state index contributed by atoms with van der Waals surface area (Å²) < 4.78 is 51.3. The minimum absolute atomic E-state index is 0.0206. The van der Waals surface area contributed by atoms with Gasteiger partial charge in [0, 0.05) is 18.2 Å². The smallest absolute Gasteiger partial charge is 0.454 e. The zero-order chi connectivity index (χ0) is 23.6. The van der Waals surface area contributed by atoms with Crippen LogP contribution in [0.5, 0.6) is 17.2 Å². The number of anilines is 1. The van der Waals surface area contributed by atoms with E-state index in [0.29, 0.717) is 17.1 Å². The van der Waals surface area contributed by atoms with Crippen LogP contribution in [0.1, 0.15) is 18.4 Å². The Morgan fingerprint density at radius 1 is 1.15 bits per heavy atom. The summed E-state index contributed by atoms with van der Waals surface area (Å²) in [7, 11) is 0. The predicted octanol–water partition coefficient (Wildman–Crippen LogP) is 3.15. The molecule has 2 aromatic rings. The monoisotopic (exact) mass is 465 g/mol. The molecule has 0 spiro atoms. The number of urea groups is 1. The number of hydrogen-bond donors (Lipinski definition) is 2. The van der Waals surface area contributed by atoms with Crippen LogP contribution in [0.25, 0.3) is 0 Å². The van der Waals surface area contributed by atoms with Crippen LogP contribution in [0.3, 0.4) is 0 Å². The highest BCUT2D eigenvalue weighted by Gasteiger charge is 2.38. The molecular weight excluding hydrogens is 447 g/mol. The van der Waals surface area contributed by atoms with Gasteiger partial charge >= 0.3 is 12.4 Å². The predicted molar refractivity (Wildman–Crippen MR) is 106 cm³/mol. The standard InChI is InChI=1S/C21H18F3N3O6/c22-21(23,24)33-14-3-1-2-13(9-14)25-18(28)7-5-15-19(29)27(20(30)26-15)10-12-4-6-16-17(8-12)32-11-31-16/h1-4,6,8-9,15H,5,7,10-11H2,(H,25,28)(H,26,30)/t15-/m0/s1. The van der Waals surface area contributed by atoms with E-state index in [1.807, 2.05) is 0 Å². The normalized spacial score (nSPS) is 17.2. The molecule has 2 N–H and O–H groups in total. The van der Waals surface area contributed by atoms with E-state index in [4.69, 9.17) is 9.47 Å². The fourth-order valence-corrected chi connectivity index (χ4v) is 3.41. The lowest BCUT2D eigenvalue weighted by Crippen LogP contribution is -2.31. The van der Waals surface area contributed by atoms with Crippen LogP contribution in [0.4, 0.5) is 23.7 Å². The molecule has 9 nitrogen and oxygen atoms in total. The Morgan fingerprint density at radius 3 is 2.73 bits per heavy atom. The van der Waals surface area contributed by atoms with Crippen molar-refractivity contribution < 1.29 is 41.8 Å². The average Bonchev–Trinajstić information content (AvgIpc) is 3.30. The lowest BCUT2D eigenvalue weighted by molar-refractivity contribution is -0.274. The van der Waals surface area contributed by atoms with Crippen molar-refractivity contribution in [3.63, 3.8) is 0 Å². The molecule has 2 aromatic carbocycles. The summed E-state index contributed by atoms with van der Waals surface area (Å²) in [4.78, 5) is 38.1. The lowest BCUT2D eigenvalue weighted by Gasteiger charge is -2.13. The maximum absolute atomic E-state index is 12.6. The van der Waals surface area contributed by atoms with Gasteiger partial charge in [-0.2, -0.15) is 0 Å². The lowest BCUT2D eigenvalue weighted by atomic mass is 10.1. The molecule has 33 heavy (non-hydrogen) atoms. The number of fused-ring (bicyclic) bond motifs is 1. The highest BCUT2D eigenvalue weighted by molar-refractivity contribution is 6.04. The zero-order valence-corrected chi connectivity index (χ0v) is 17.0. The number of hydrogen-bond acceptors (Lipinski definition) is 6. The van der Waals surface area contributed by atoms with Gasteiger partial charge in [0.1, 0.15) is 11.8 Å². The zero-order valence-electron chi connectivity index (χ0n) is 17.0. The van der Waals surface area contributed by atoms with Crippen LogP contribution in [0.15, 0.2) is 42.5 Å². The summed E-state index contributed by atoms with van der Waals surface area (Å²) >= 11 is 0. The van der Waals surface area contributed by atoms with Crippen LogP contribution in [-0.2, 0) is 16.1 Å². The summed E-state index contributed by atoms with van der Waals surface area (Å²) in [5, 5.41) is 4.98. The van der Waals surface area contributed by atoms with Gasteiger partial charge in [-0.15, -0.1) is 13.2 Å². The van der Waals surface area contributed by atoms with E-state index in [0.717, 1.165) is 17.0 Å². The molecule has 0 unspecified atom stereocenters. The fraction of sp³-hybridized carbons (Fsp3) is 0.286. The molecule has 1 fully saturated rings. The number of carbonyl (C=O) groups excluding carboxylic acids is 3. The maximum atomic E-state index is 12.6. The first-order valence-corrected chi connectivity index (χ1v) is 9.84. The molecule has 174 valence electrons. The molecule has 0 bridgehead atoms. The molecule has 2 heterocycles. The SMILES string of the molecule is O=C(CC[C@@H]1NC(=O)N(Cc2ccc3c(c2)OCO3)C1=O)Nc1cccc(OC(F)(F)F)c1. The van der Waals surface area contributed by atoms with Gasteiger partial charge in [-0.25, -0.2) is 4.79 Å². The molecule has 12 heteroatoms. The third-order valence-corrected chi connectivity index (χ3v) is 4.90. The number of benzene rings is 2. The number of amides is 4. The highest BCUT2D eigenvalue weighted by Crippen LogP contribution is 2.33. The Kier molecular flexibility index (Phi) is 5.99. The molecule has 4 rings (SSSR count). The molecule has 4 amide bonds. The number of halogens is 3. The van der Waals surface area contributed by atoms with E-state index in [9.17, 15) is 27.6 Å². The van der Waals surface area contributed by atoms with Gasteiger partial charge in [0.05, 0.1) is 6.54 Å². The van der Waals surface area contributed by atoms with Crippen molar-refractivity contribution in [3.05, 3.63) is 48.0 Å². The summed E-state index contributed by atoms with van der Waals surface area (Å²) in [6.45, 7) is 0.127. The molecule has 1 saturated heterocycles. The summed E-state index contributed by atoms with van der Waals surface area (Å²) in [5.74, 6) is -0.382. The number of nitrogens with one attached hydrogen (secondary N) is 2. The molecule has 0 radical (unpaired) electrons. The Hall–Kier alpha value is -3.96. The van der Waals surface area contributed by atoms with Gasteiger partial charge in [-0.3, -0.25) is 14.5 Å². The van der Waals surface area contributed by atoms with Gasteiger partial charge < -0.3 is 24.8 Å². The molecular formula is C21H18F3N3O6. The molecule has 0 aliphatic carbocycles. The molecule has 0 aromatic heterocycles. The van der Waals surface area contributed by atoms with Gasteiger partial charge in [-0.1, -0.05) is 12.1 Å². The van der Waals surface area contributed by atoms with Gasteiger partial charge in [0.25, 0.3) is 5.91 Å². The largest absolute Gasteiger partial charge is 0.573 e. The van der Waals surface area contributed by atoms with Crippen molar-refractivity contribution in [2.75, 3.05) is 12.1 Å². The third kappa shape index (κ3) is 5.45. The van der Waals surface area contributed by atoms with Crippen molar-refractivity contribution in [3.8, 4) is 17.2 Å². The van der Waals surface area contributed by atoms with E-state index < -0.39 is 36.0 Å². The number of ether oxygens (including phenoxy) is 3. The van der Waals surface area contributed by atoms with E-state index >= 15 is 0 Å². The van der Waals surface area contributed by atoms with Crippen LogP contribution in [-0.4, -0.2) is 41.9 Å². The minimum atomic E-state index is -4.85. The fourth-order valence-electron chi connectivity index (χ4n) is 3.41. The van der Waals surface area contributed by atoms with Crippen LogP contribution < -0.4 is 24.8 Å². The molecule has 2 aliphatic heterocycles. The van der Waals surface area contributed by atoms with Crippen LogP contribution >= 0.6 is 0 Å². The Morgan fingerprint density at radius 2 is 1.94 bits per heavy atom. The Bertz CT molecular complexity index is 1090. The first-order chi connectivity index (χ1) is 15.7. The maximum Gasteiger partial charge on any atom is 0.573 e. The second-order valence-corrected chi connectivity index (χ2v) is 7.28. The van der Waals surface area contributed by atoms with Crippen molar-refractivity contribution in [2.24, 2.45) is 0 Å². The number of rotatable bonds is 7.